The molecule has 0 saturated heterocycles. The molecule has 2 nitrogen and oxygen atoms in total. The average Bonchev–Trinajstić information content (AvgIpc) is 2.01. The fourth-order valence-electron chi connectivity index (χ4n) is 0.865. The molecule has 0 amide bonds. The predicted molar refractivity (Wildman–Crippen MR) is 57.6 cm³/mol. The summed E-state index contributed by atoms with van der Waals surface area (Å²) in [6.07, 6.45) is 0. The Balaban J connectivity index is 3.20. The largest absolute Gasteiger partial charge is 0.478 e. The lowest BCUT2D eigenvalue weighted by molar-refractivity contribution is 0.0697. The summed E-state index contributed by atoms with van der Waals surface area (Å²) in [6, 6.07) is 4.02. The third-order valence-electron chi connectivity index (χ3n) is 1.53. The molecule has 0 aliphatic heterocycles. The second-order valence-corrected chi connectivity index (χ2v) is 5.19. The maximum Gasteiger partial charge on any atom is 0.337 e. The highest BCUT2D eigenvalue weighted by Gasteiger charge is 2.24. The third-order valence-corrected chi connectivity index (χ3v) is 2.49. The Morgan fingerprint density at radius 3 is 2.21 bits per heavy atom. The molecule has 76 valence electrons. The van der Waals surface area contributed by atoms with Gasteiger partial charge in [0.1, 0.15) is 0 Å². The van der Waals surface area contributed by atoms with Crippen LogP contribution in [0.1, 0.15) is 15.9 Å². The lowest BCUT2D eigenvalue weighted by Crippen LogP contribution is -2.03. The maximum absolute atomic E-state index is 10.6. The van der Waals surface area contributed by atoms with E-state index >= 15 is 0 Å². The number of hydrogen-bond acceptors (Lipinski definition) is 1. The van der Waals surface area contributed by atoms with Crippen LogP contribution in [0.25, 0.3) is 0 Å². The first-order valence-corrected chi connectivity index (χ1v) is 4.93. The summed E-state index contributed by atoms with van der Waals surface area (Å²) in [7, 11) is 0. The average molecular weight is 274 g/mol. The molecule has 0 aliphatic carbocycles. The van der Waals surface area contributed by atoms with Gasteiger partial charge in [-0.2, -0.15) is 0 Å². The highest BCUT2D eigenvalue weighted by Crippen LogP contribution is 2.39. The van der Waals surface area contributed by atoms with Gasteiger partial charge in [-0.05, 0) is 12.1 Å². The van der Waals surface area contributed by atoms with Crippen LogP contribution in [0.3, 0.4) is 0 Å². The zero-order valence-corrected chi connectivity index (χ0v) is 9.62. The first-order chi connectivity index (χ1) is 6.32. The first kappa shape index (κ1) is 11.9. The Kier molecular flexibility index (Phi) is 3.53. The van der Waals surface area contributed by atoms with Crippen LogP contribution in [0.4, 0.5) is 0 Å². The SMILES string of the molecule is O=C(O)c1ccc(C(Cl)(Cl)Cl)cc1Cl. The van der Waals surface area contributed by atoms with E-state index in [4.69, 9.17) is 51.5 Å². The van der Waals surface area contributed by atoms with Gasteiger partial charge in [-0.15, -0.1) is 0 Å². The van der Waals surface area contributed by atoms with Gasteiger partial charge in [0, 0.05) is 5.56 Å². The lowest BCUT2D eigenvalue weighted by Gasteiger charge is -2.11. The van der Waals surface area contributed by atoms with E-state index in [1.165, 1.54) is 18.2 Å². The van der Waals surface area contributed by atoms with E-state index in [1.54, 1.807) is 0 Å². The van der Waals surface area contributed by atoms with Crippen LogP contribution in [-0.2, 0) is 3.79 Å². The minimum Gasteiger partial charge on any atom is -0.478 e. The molecule has 0 aliphatic rings. The molecule has 1 N–H and O–H groups in total. The normalized spacial score (nSPS) is 11.4. The first-order valence-electron chi connectivity index (χ1n) is 3.42. The smallest absolute Gasteiger partial charge is 0.337 e. The quantitative estimate of drug-likeness (QED) is 0.789. The fraction of sp³-hybridized carbons (Fsp3) is 0.125. The van der Waals surface area contributed by atoms with Crippen molar-refractivity contribution in [2.24, 2.45) is 0 Å². The van der Waals surface area contributed by atoms with E-state index in [2.05, 4.69) is 0 Å². The topological polar surface area (TPSA) is 37.3 Å². The molecule has 0 aromatic heterocycles. The van der Waals surface area contributed by atoms with Crippen molar-refractivity contribution in [3.63, 3.8) is 0 Å². The zero-order valence-electron chi connectivity index (χ0n) is 6.60. The molecule has 0 heterocycles. The minimum absolute atomic E-state index is 0.0235. The van der Waals surface area contributed by atoms with E-state index < -0.39 is 9.76 Å². The van der Waals surface area contributed by atoms with Crippen molar-refractivity contribution in [3.05, 3.63) is 34.3 Å². The van der Waals surface area contributed by atoms with Gasteiger partial charge < -0.3 is 5.11 Å². The van der Waals surface area contributed by atoms with Crippen LogP contribution in [-0.4, -0.2) is 11.1 Å². The molecule has 0 radical (unpaired) electrons. The molecule has 1 aromatic rings. The van der Waals surface area contributed by atoms with Crippen molar-refractivity contribution >= 4 is 52.4 Å². The van der Waals surface area contributed by atoms with E-state index in [1.807, 2.05) is 0 Å². The minimum atomic E-state index is -1.60. The molecule has 1 rings (SSSR count). The molecule has 0 bridgehead atoms. The van der Waals surface area contributed by atoms with Crippen molar-refractivity contribution in [2.45, 2.75) is 3.79 Å². The monoisotopic (exact) mass is 272 g/mol. The van der Waals surface area contributed by atoms with Gasteiger partial charge >= 0.3 is 5.97 Å². The zero-order chi connectivity index (χ0) is 10.9. The number of carboxylic acid groups (broad SMARTS) is 1. The standard InChI is InChI=1S/C8H4Cl4O2/c9-6-3-4(8(10,11)12)1-2-5(6)7(13)14/h1-3H,(H,13,14). The fourth-order valence-corrected chi connectivity index (χ4v) is 1.48. The summed E-state index contributed by atoms with van der Waals surface area (Å²) in [5, 5.41) is 8.72. The van der Waals surface area contributed by atoms with Gasteiger partial charge in [0.15, 0.2) is 0 Å². The number of aromatic carboxylic acids is 1. The van der Waals surface area contributed by atoms with Gasteiger partial charge in [0.05, 0.1) is 10.6 Å². The molecule has 0 unspecified atom stereocenters. The van der Waals surface area contributed by atoms with Gasteiger partial charge in [-0.3, -0.25) is 0 Å². The van der Waals surface area contributed by atoms with Crippen LogP contribution in [0.15, 0.2) is 18.2 Å². The molecule has 14 heavy (non-hydrogen) atoms. The Morgan fingerprint density at radius 1 is 1.29 bits per heavy atom. The van der Waals surface area contributed by atoms with Gasteiger partial charge in [-0.25, -0.2) is 4.79 Å². The highest BCUT2D eigenvalue weighted by molar-refractivity contribution is 6.66. The van der Waals surface area contributed by atoms with Crippen LogP contribution < -0.4 is 0 Å². The molecule has 0 atom stereocenters. The number of carbonyl (C=O) groups is 1. The Hall–Kier alpha value is -0.150. The highest BCUT2D eigenvalue weighted by atomic mass is 35.6. The van der Waals surface area contributed by atoms with E-state index in [0.717, 1.165) is 0 Å². The van der Waals surface area contributed by atoms with Crippen LogP contribution in [0.2, 0.25) is 5.02 Å². The molecule has 0 spiro atoms. The summed E-state index contributed by atoms with van der Waals surface area (Å²) < 4.78 is -1.60. The maximum atomic E-state index is 10.6. The lowest BCUT2D eigenvalue weighted by atomic mass is 10.1. The van der Waals surface area contributed by atoms with Crippen LogP contribution >= 0.6 is 46.4 Å². The molecular weight excluding hydrogens is 270 g/mol. The second kappa shape index (κ2) is 4.15. The Morgan fingerprint density at radius 2 is 1.86 bits per heavy atom. The van der Waals surface area contributed by atoms with Crippen molar-refractivity contribution in [1.29, 1.82) is 0 Å². The van der Waals surface area contributed by atoms with Gasteiger partial charge in [0.2, 0.25) is 3.79 Å². The predicted octanol–water partition coefficient (Wildman–Crippen LogP) is 3.86. The second-order valence-electron chi connectivity index (χ2n) is 2.50. The summed E-state index contributed by atoms with van der Waals surface area (Å²) >= 11 is 22.4. The van der Waals surface area contributed by atoms with E-state index in [9.17, 15) is 4.79 Å². The van der Waals surface area contributed by atoms with Crippen molar-refractivity contribution in [1.82, 2.24) is 0 Å². The molecule has 6 heteroatoms. The molecular formula is C8H4Cl4O2. The van der Waals surface area contributed by atoms with E-state index in [-0.39, 0.29) is 10.6 Å². The van der Waals surface area contributed by atoms with Crippen LogP contribution in [0, 0.1) is 0 Å². The Labute approximate surface area is 100 Å². The number of halogens is 4. The summed E-state index contributed by atoms with van der Waals surface area (Å²) in [5.74, 6) is -1.12. The number of alkyl halides is 3. The molecule has 1 aromatic carbocycles. The summed E-state index contributed by atoms with van der Waals surface area (Å²) in [4.78, 5) is 10.6. The number of carboxylic acids is 1. The summed E-state index contributed by atoms with van der Waals surface area (Å²) in [6.45, 7) is 0. The number of benzene rings is 1. The molecule has 0 fully saturated rings. The van der Waals surface area contributed by atoms with E-state index in [0.29, 0.717) is 5.56 Å². The third kappa shape index (κ3) is 2.67. The summed E-state index contributed by atoms with van der Waals surface area (Å²) in [5.41, 5.74) is 0.308. The van der Waals surface area contributed by atoms with Crippen molar-refractivity contribution < 1.29 is 9.90 Å². The number of rotatable bonds is 1. The van der Waals surface area contributed by atoms with Gasteiger partial charge in [-0.1, -0.05) is 52.5 Å². The molecule has 0 saturated carbocycles. The van der Waals surface area contributed by atoms with Crippen LogP contribution in [0.5, 0.6) is 0 Å². The Bertz CT molecular complexity index is 370. The van der Waals surface area contributed by atoms with Crippen molar-refractivity contribution in [3.8, 4) is 0 Å². The van der Waals surface area contributed by atoms with Crippen molar-refractivity contribution in [2.75, 3.05) is 0 Å². The van der Waals surface area contributed by atoms with Gasteiger partial charge in [0.25, 0.3) is 0 Å². The number of hydrogen-bond donors (Lipinski definition) is 1.